The smallest absolute Gasteiger partial charge is 0.0562 e. The number of hydrogen-bond acceptors (Lipinski definition) is 3. The number of nitrogens with one attached hydrogen (secondary N) is 1. The van der Waals surface area contributed by atoms with Crippen molar-refractivity contribution < 1.29 is 0 Å². The van der Waals surface area contributed by atoms with Crippen LogP contribution < -0.4 is 10.2 Å². The summed E-state index contributed by atoms with van der Waals surface area (Å²) in [4.78, 5) is 6.87. The Balaban J connectivity index is 2.09. The average molecular weight is 219 g/mol. The van der Waals surface area contributed by atoms with Crippen LogP contribution in [0.4, 0.5) is 5.69 Å². The molecule has 1 unspecified atom stereocenters. The van der Waals surface area contributed by atoms with Gasteiger partial charge in [0.15, 0.2) is 0 Å². The lowest BCUT2D eigenvalue weighted by molar-refractivity contribution is 0.706. The van der Waals surface area contributed by atoms with E-state index < -0.39 is 0 Å². The largest absolute Gasteiger partial charge is 0.369 e. The molecular weight excluding hydrogens is 198 g/mol. The number of anilines is 1. The summed E-state index contributed by atoms with van der Waals surface area (Å²) in [6, 6.07) is 5.01. The Morgan fingerprint density at radius 2 is 2.44 bits per heavy atom. The quantitative estimate of drug-likeness (QED) is 0.841. The summed E-state index contributed by atoms with van der Waals surface area (Å²) in [5.74, 6) is 0. The Morgan fingerprint density at radius 3 is 3.12 bits per heavy atom. The third kappa shape index (κ3) is 2.53. The third-order valence-electron chi connectivity index (χ3n) is 3.24. The van der Waals surface area contributed by atoms with Gasteiger partial charge in [-0.05, 0) is 38.4 Å². The molecule has 2 heterocycles. The molecule has 0 bridgehead atoms. The summed E-state index contributed by atoms with van der Waals surface area (Å²) >= 11 is 0. The van der Waals surface area contributed by atoms with Crippen LogP contribution in [0.25, 0.3) is 0 Å². The van der Waals surface area contributed by atoms with Gasteiger partial charge in [-0.1, -0.05) is 6.92 Å². The molecule has 0 aromatic carbocycles. The van der Waals surface area contributed by atoms with Crippen molar-refractivity contribution in [1.82, 2.24) is 10.3 Å². The molecule has 0 spiro atoms. The molecule has 1 saturated heterocycles. The van der Waals surface area contributed by atoms with Gasteiger partial charge in [0, 0.05) is 31.0 Å². The first-order valence-corrected chi connectivity index (χ1v) is 6.23. The predicted octanol–water partition coefficient (Wildman–Crippen LogP) is 2.18. The van der Waals surface area contributed by atoms with Crippen molar-refractivity contribution in [2.24, 2.45) is 0 Å². The maximum absolute atomic E-state index is 4.38. The maximum atomic E-state index is 4.38. The summed E-state index contributed by atoms with van der Waals surface area (Å²) in [6.07, 6.45) is 4.55. The lowest BCUT2D eigenvalue weighted by Gasteiger charge is -2.24. The monoisotopic (exact) mass is 219 g/mol. The van der Waals surface area contributed by atoms with Gasteiger partial charge in [0.05, 0.1) is 5.69 Å². The number of hydrogen-bond donors (Lipinski definition) is 1. The van der Waals surface area contributed by atoms with Crippen LogP contribution in [0.5, 0.6) is 0 Å². The van der Waals surface area contributed by atoms with Gasteiger partial charge in [-0.3, -0.25) is 4.98 Å². The molecule has 1 aliphatic rings. The summed E-state index contributed by atoms with van der Waals surface area (Å²) in [7, 11) is 0. The van der Waals surface area contributed by atoms with Crippen molar-refractivity contribution in [2.75, 3.05) is 18.0 Å². The fourth-order valence-electron chi connectivity index (χ4n) is 2.31. The van der Waals surface area contributed by atoms with Gasteiger partial charge in [-0.2, -0.15) is 0 Å². The molecule has 1 fully saturated rings. The molecular formula is C13H21N3. The molecule has 3 heteroatoms. The molecule has 16 heavy (non-hydrogen) atoms. The molecule has 1 atom stereocenters. The summed E-state index contributed by atoms with van der Waals surface area (Å²) in [5.41, 5.74) is 2.46. The fourth-order valence-corrected chi connectivity index (χ4v) is 2.31. The second kappa shape index (κ2) is 5.30. The van der Waals surface area contributed by atoms with Crippen LogP contribution in [0, 0.1) is 0 Å². The SMILES string of the molecule is CCNCc1cc(N2CCCC2C)ccn1. The number of aromatic nitrogens is 1. The van der Waals surface area contributed by atoms with E-state index in [1.165, 1.54) is 25.1 Å². The van der Waals surface area contributed by atoms with Gasteiger partial charge >= 0.3 is 0 Å². The van der Waals surface area contributed by atoms with Crippen LogP contribution in [0.2, 0.25) is 0 Å². The maximum Gasteiger partial charge on any atom is 0.0562 e. The Labute approximate surface area is 97.9 Å². The van der Waals surface area contributed by atoms with Gasteiger partial charge in [-0.15, -0.1) is 0 Å². The normalized spacial score (nSPS) is 20.4. The summed E-state index contributed by atoms with van der Waals surface area (Å²) < 4.78 is 0. The second-order valence-corrected chi connectivity index (χ2v) is 4.47. The minimum Gasteiger partial charge on any atom is -0.369 e. The lowest BCUT2D eigenvalue weighted by Crippen LogP contribution is -2.26. The Morgan fingerprint density at radius 1 is 1.56 bits per heavy atom. The zero-order valence-corrected chi connectivity index (χ0v) is 10.2. The predicted molar refractivity (Wildman–Crippen MR) is 67.7 cm³/mol. The van der Waals surface area contributed by atoms with Gasteiger partial charge < -0.3 is 10.2 Å². The van der Waals surface area contributed by atoms with Crippen LogP contribution in [-0.2, 0) is 6.54 Å². The van der Waals surface area contributed by atoms with Crippen molar-refractivity contribution >= 4 is 5.69 Å². The molecule has 2 rings (SSSR count). The molecule has 0 aliphatic carbocycles. The molecule has 1 N–H and O–H groups in total. The van der Waals surface area contributed by atoms with E-state index in [2.05, 4.69) is 41.2 Å². The highest BCUT2D eigenvalue weighted by Crippen LogP contribution is 2.25. The first-order chi connectivity index (χ1) is 7.81. The van der Waals surface area contributed by atoms with Crippen molar-refractivity contribution in [2.45, 2.75) is 39.3 Å². The number of nitrogens with zero attached hydrogens (tertiary/aromatic N) is 2. The van der Waals surface area contributed by atoms with Gasteiger partial charge in [0.25, 0.3) is 0 Å². The highest BCUT2D eigenvalue weighted by Gasteiger charge is 2.20. The van der Waals surface area contributed by atoms with Crippen molar-refractivity contribution in [3.05, 3.63) is 24.0 Å². The van der Waals surface area contributed by atoms with E-state index in [9.17, 15) is 0 Å². The average Bonchev–Trinajstić information content (AvgIpc) is 2.73. The summed E-state index contributed by atoms with van der Waals surface area (Å²) in [5, 5.41) is 3.31. The number of pyridine rings is 1. The van der Waals surface area contributed by atoms with Gasteiger partial charge in [0.1, 0.15) is 0 Å². The van der Waals surface area contributed by atoms with Crippen molar-refractivity contribution in [3.63, 3.8) is 0 Å². The minimum atomic E-state index is 0.675. The van der Waals surface area contributed by atoms with E-state index in [0.717, 1.165) is 18.8 Å². The summed E-state index contributed by atoms with van der Waals surface area (Å²) in [6.45, 7) is 7.47. The van der Waals surface area contributed by atoms with Crippen LogP contribution in [0.1, 0.15) is 32.4 Å². The zero-order valence-electron chi connectivity index (χ0n) is 10.2. The van der Waals surface area contributed by atoms with Gasteiger partial charge in [0.2, 0.25) is 0 Å². The van der Waals surface area contributed by atoms with E-state index in [-0.39, 0.29) is 0 Å². The molecule has 0 radical (unpaired) electrons. The van der Waals surface area contributed by atoms with Gasteiger partial charge in [-0.25, -0.2) is 0 Å². The lowest BCUT2D eigenvalue weighted by atomic mass is 10.2. The number of rotatable bonds is 4. The fraction of sp³-hybridized carbons (Fsp3) is 0.615. The Hall–Kier alpha value is -1.09. The third-order valence-corrected chi connectivity index (χ3v) is 3.24. The highest BCUT2D eigenvalue weighted by atomic mass is 15.2. The van der Waals surface area contributed by atoms with E-state index >= 15 is 0 Å². The molecule has 0 amide bonds. The molecule has 3 nitrogen and oxygen atoms in total. The topological polar surface area (TPSA) is 28.2 Å². The molecule has 1 aromatic heterocycles. The second-order valence-electron chi connectivity index (χ2n) is 4.47. The van der Waals surface area contributed by atoms with E-state index in [1.807, 2.05) is 6.20 Å². The van der Waals surface area contributed by atoms with Crippen molar-refractivity contribution in [1.29, 1.82) is 0 Å². The van der Waals surface area contributed by atoms with Crippen LogP contribution in [0.3, 0.4) is 0 Å². The standard InChI is InChI=1S/C13H21N3/c1-3-14-10-12-9-13(6-7-15-12)16-8-4-5-11(16)2/h6-7,9,11,14H,3-5,8,10H2,1-2H3. The Bertz CT molecular complexity index is 338. The first-order valence-electron chi connectivity index (χ1n) is 6.23. The van der Waals surface area contributed by atoms with Crippen LogP contribution in [-0.4, -0.2) is 24.1 Å². The Kier molecular flexibility index (Phi) is 3.78. The van der Waals surface area contributed by atoms with E-state index in [1.54, 1.807) is 0 Å². The van der Waals surface area contributed by atoms with Crippen LogP contribution in [0.15, 0.2) is 18.3 Å². The van der Waals surface area contributed by atoms with Crippen LogP contribution >= 0.6 is 0 Å². The zero-order chi connectivity index (χ0) is 11.4. The minimum absolute atomic E-state index is 0.675. The highest BCUT2D eigenvalue weighted by molar-refractivity contribution is 5.48. The first kappa shape index (κ1) is 11.4. The van der Waals surface area contributed by atoms with E-state index in [4.69, 9.17) is 0 Å². The molecule has 0 saturated carbocycles. The van der Waals surface area contributed by atoms with E-state index in [0.29, 0.717) is 6.04 Å². The molecule has 1 aliphatic heterocycles. The van der Waals surface area contributed by atoms with Crippen molar-refractivity contribution in [3.8, 4) is 0 Å². The molecule has 1 aromatic rings. The molecule has 88 valence electrons.